The van der Waals surface area contributed by atoms with Crippen molar-refractivity contribution in [1.29, 1.82) is 0 Å². The van der Waals surface area contributed by atoms with E-state index in [4.69, 9.17) is 49.2 Å². The number of aromatic carboxylic acids is 1. The maximum atomic E-state index is 11.3. The summed E-state index contributed by atoms with van der Waals surface area (Å²) in [6.45, 7) is -0.368. The molecule has 0 radical (unpaired) electrons. The predicted molar refractivity (Wildman–Crippen MR) is 142 cm³/mol. The third kappa shape index (κ3) is 9.04. The monoisotopic (exact) mass is 556 g/mol. The van der Waals surface area contributed by atoms with Crippen molar-refractivity contribution in [3.63, 3.8) is 0 Å². The summed E-state index contributed by atoms with van der Waals surface area (Å²) in [5.41, 5.74) is 32.9. The molecule has 15 N–H and O–H groups in total. The fourth-order valence-corrected chi connectivity index (χ4v) is 4.22. The fraction of sp³-hybridized carbons (Fsp3) is 0.0952. The predicted octanol–water partition coefficient (Wildman–Crippen LogP) is 0.264. The number of anilines is 6. The van der Waals surface area contributed by atoms with Gasteiger partial charge in [-0.15, -0.1) is 0 Å². The number of nitrogen functional groups attached to an aromatic ring is 6. The first-order valence-electron chi connectivity index (χ1n) is 9.99. The van der Waals surface area contributed by atoms with E-state index in [1.54, 1.807) is 12.1 Å². The van der Waals surface area contributed by atoms with Gasteiger partial charge in [0.15, 0.2) is 9.84 Å². The maximum Gasteiger partial charge on any atom is 0.335 e. The second-order valence-corrected chi connectivity index (χ2v) is 10.7. The Morgan fingerprint density at radius 1 is 0.757 bits per heavy atom. The van der Waals surface area contributed by atoms with Gasteiger partial charge >= 0.3 is 5.97 Å². The summed E-state index contributed by atoms with van der Waals surface area (Å²) >= 11 is 0. The van der Waals surface area contributed by atoms with Crippen LogP contribution >= 0.6 is 0 Å². The first-order valence-corrected chi connectivity index (χ1v) is 13.1. The van der Waals surface area contributed by atoms with Gasteiger partial charge in [-0.2, -0.15) is 8.42 Å². The number of aliphatic hydroxyl groups excluding tert-OH is 1. The van der Waals surface area contributed by atoms with E-state index in [0.29, 0.717) is 11.4 Å². The van der Waals surface area contributed by atoms with Crippen molar-refractivity contribution in [3.05, 3.63) is 60.2 Å². The van der Waals surface area contributed by atoms with E-state index in [1.807, 2.05) is 0 Å². The van der Waals surface area contributed by atoms with E-state index in [0.717, 1.165) is 6.07 Å². The Hall–Kier alpha value is -4.25. The van der Waals surface area contributed by atoms with Crippen molar-refractivity contribution in [3.8, 4) is 0 Å². The van der Waals surface area contributed by atoms with Gasteiger partial charge in [0, 0.05) is 11.4 Å². The van der Waals surface area contributed by atoms with Gasteiger partial charge in [-0.3, -0.25) is 4.55 Å². The molecule has 3 rings (SSSR count). The number of carboxylic acids is 1. The summed E-state index contributed by atoms with van der Waals surface area (Å²) in [7, 11) is -7.77. The molecule has 0 saturated heterocycles. The summed E-state index contributed by atoms with van der Waals surface area (Å²) in [5.74, 6) is -1.20. The van der Waals surface area contributed by atoms with Crippen LogP contribution in [-0.2, 0) is 20.0 Å². The lowest BCUT2D eigenvalue weighted by atomic mass is 10.2. The molecule has 0 aliphatic rings. The number of nitrogens with two attached hydrogens (primary N) is 6. The topological polar surface area (TPSA) is 302 Å². The van der Waals surface area contributed by atoms with Crippen LogP contribution in [0.25, 0.3) is 0 Å². The van der Waals surface area contributed by atoms with Crippen molar-refractivity contribution in [1.82, 2.24) is 0 Å². The Labute approximate surface area is 213 Å². The third-order valence-electron chi connectivity index (χ3n) is 4.45. The Morgan fingerprint density at radius 3 is 1.76 bits per heavy atom. The molecule has 14 nitrogen and oxygen atoms in total. The molecule has 0 atom stereocenters. The van der Waals surface area contributed by atoms with Crippen LogP contribution in [0.5, 0.6) is 0 Å². The number of carbonyl (C=O) groups is 1. The van der Waals surface area contributed by atoms with Crippen LogP contribution in [-0.4, -0.2) is 49.9 Å². The molecule has 0 bridgehead atoms. The van der Waals surface area contributed by atoms with Crippen molar-refractivity contribution in [2.75, 3.05) is 46.8 Å². The first kappa shape index (κ1) is 30.8. The van der Waals surface area contributed by atoms with Crippen LogP contribution in [0.1, 0.15) is 10.4 Å². The molecule has 16 heteroatoms. The van der Waals surface area contributed by atoms with E-state index < -0.39 is 30.8 Å². The lowest BCUT2D eigenvalue weighted by molar-refractivity contribution is 0.0697. The zero-order valence-corrected chi connectivity index (χ0v) is 20.9. The Bertz CT molecular complexity index is 1460. The standard InChI is InChI=1S/C8H11NO3S.C7H7NO2.C6H10N4O3S/c9-7-1-3-8(4-2-7)13(11,12)6-5-10;8-6-3-1-2-5(4-6)7(9)10;7-2-1-3(14(11,12)13)5(9)6(10)4(2)8/h1-4,10H,5-6,9H2;1-4H,8H2,(H,9,10);1H,7-10H2,(H,11,12,13). The Morgan fingerprint density at radius 2 is 1.32 bits per heavy atom. The average Bonchev–Trinajstić information content (AvgIpc) is 2.80. The Balaban J connectivity index is 0.000000281. The van der Waals surface area contributed by atoms with Gasteiger partial charge in [-0.25, -0.2) is 13.2 Å². The second-order valence-electron chi connectivity index (χ2n) is 7.22. The zero-order valence-electron chi connectivity index (χ0n) is 19.3. The Kier molecular flexibility index (Phi) is 10.5. The third-order valence-corrected chi connectivity index (χ3v) is 7.06. The molecule has 3 aromatic rings. The molecule has 202 valence electrons. The van der Waals surface area contributed by atoms with Crippen molar-refractivity contribution < 1.29 is 36.4 Å². The first-order chi connectivity index (χ1) is 17.0. The minimum atomic E-state index is -4.44. The highest BCUT2D eigenvalue weighted by molar-refractivity contribution is 7.91. The van der Waals surface area contributed by atoms with Crippen LogP contribution in [0.3, 0.4) is 0 Å². The van der Waals surface area contributed by atoms with Gasteiger partial charge in [0.25, 0.3) is 10.1 Å². The minimum Gasteiger partial charge on any atom is -0.478 e. The van der Waals surface area contributed by atoms with Gasteiger partial charge in [0.2, 0.25) is 0 Å². The van der Waals surface area contributed by atoms with Crippen LogP contribution in [0, 0.1) is 0 Å². The number of aliphatic hydroxyl groups is 1. The number of hydrogen-bond donors (Lipinski definition) is 9. The second kappa shape index (κ2) is 12.6. The molecule has 0 fully saturated rings. The molecule has 0 spiro atoms. The average molecular weight is 557 g/mol. The molecule has 0 saturated carbocycles. The zero-order chi connectivity index (χ0) is 28.6. The van der Waals surface area contributed by atoms with Crippen molar-refractivity contribution >= 4 is 60.0 Å². The normalized spacial score (nSPS) is 10.9. The van der Waals surface area contributed by atoms with Gasteiger partial charge in [-0.1, -0.05) is 6.07 Å². The summed E-state index contributed by atoms with van der Waals surface area (Å²) in [6.07, 6.45) is 0. The van der Waals surface area contributed by atoms with Crippen LogP contribution in [0.4, 0.5) is 34.1 Å². The van der Waals surface area contributed by atoms with Crippen LogP contribution in [0.15, 0.2) is 64.4 Å². The van der Waals surface area contributed by atoms with Crippen molar-refractivity contribution in [2.45, 2.75) is 9.79 Å². The molecule has 0 aromatic heterocycles. The lowest BCUT2D eigenvalue weighted by Gasteiger charge is -2.10. The number of benzene rings is 3. The molecule has 0 aliphatic carbocycles. The molecule has 3 aromatic carbocycles. The van der Waals surface area contributed by atoms with E-state index in [9.17, 15) is 21.6 Å². The maximum absolute atomic E-state index is 11.3. The molecular formula is C21H28N6O8S2. The number of carboxylic acid groups (broad SMARTS) is 1. The summed E-state index contributed by atoms with van der Waals surface area (Å²) in [4.78, 5) is 9.95. The van der Waals surface area contributed by atoms with E-state index in [-0.39, 0.29) is 45.6 Å². The van der Waals surface area contributed by atoms with Crippen LogP contribution in [0.2, 0.25) is 0 Å². The smallest absolute Gasteiger partial charge is 0.335 e. The molecule has 0 unspecified atom stereocenters. The molecule has 37 heavy (non-hydrogen) atoms. The number of hydrogen-bond acceptors (Lipinski definition) is 12. The van der Waals surface area contributed by atoms with E-state index in [1.165, 1.54) is 36.4 Å². The van der Waals surface area contributed by atoms with Crippen LogP contribution < -0.4 is 34.4 Å². The van der Waals surface area contributed by atoms with Gasteiger partial charge in [0.05, 0.1) is 45.6 Å². The largest absolute Gasteiger partial charge is 0.478 e. The molecule has 0 heterocycles. The van der Waals surface area contributed by atoms with Gasteiger partial charge in [-0.05, 0) is 48.5 Å². The summed E-state index contributed by atoms with van der Waals surface area (Å²) < 4.78 is 53.0. The molecule has 0 aliphatic heterocycles. The summed E-state index contributed by atoms with van der Waals surface area (Å²) in [5, 5.41) is 17.0. The summed E-state index contributed by atoms with van der Waals surface area (Å²) in [6, 6.07) is 13.0. The lowest BCUT2D eigenvalue weighted by Crippen LogP contribution is -2.10. The number of rotatable bonds is 5. The van der Waals surface area contributed by atoms with Crippen molar-refractivity contribution in [2.24, 2.45) is 0 Å². The highest BCUT2D eigenvalue weighted by Gasteiger charge is 2.19. The fourth-order valence-electron chi connectivity index (χ4n) is 2.53. The number of sulfone groups is 1. The van der Waals surface area contributed by atoms with E-state index >= 15 is 0 Å². The SMILES string of the molecule is Nc1cc(S(=O)(=O)O)c(N)c(N)c1N.Nc1ccc(S(=O)(=O)CCO)cc1.Nc1cccc(C(=O)O)c1. The highest BCUT2D eigenvalue weighted by Crippen LogP contribution is 2.34. The van der Waals surface area contributed by atoms with E-state index in [2.05, 4.69) is 0 Å². The minimum absolute atomic E-state index is 0.00472. The van der Waals surface area contributed by atoms with Gasteiger partial charge in [0.1, 0.15) is 4.90 Å². The quantitative estimate of drug-likeness (QED) is 0.150. The molecule has 0 amide bonds. The highest BCUT2D eigenvalue weighted by atomic mass is 32.2. The molecular weight excluding hydrogens is 528 g/mol. The van der Waals surface area contributed by atoms with Gasteiger partial charge < -0.3 is 44.6 Å².